The van der Waals surface area contributed by atoms with E-state index in [-0.39, 0.29) is 0 Å². The maximum atomic E-state index is 9.04. The van der Waals surface area contributed by atoms with Crippen LogP contribution < -0.4 is 0 Å². The van der Waals surface area contributed by atoms with Gasteiger partial charge in [-0.1, -0.05) is 42.5 Å². The molecule has 0 spiro atoms. The van der Waals surface area contributed by atoms with Crippen LogP contribution in [0.1, 0.15) is 12.0 Å². The van der Waals surface area contributed by atoms with Crippen LogP contribution in [0.25, 0.3) is 6.08 Å². The first-order chi connectivity index (χ1) is 7.88. The molecule has 2 heteroatoms. The minimum absolute atomic E-state index is 0.332. The van der Waals surface area contributed by atoms with Crippen molar-refractivity contribution in [3.63, 3.8) is 0 Å². The molecule has 2 nitrogen and oxygen atoms in total. The SMILES string of the molecule is OC[C@H]1CCN(C/C=C/c2ccccc2)C1. The number of likely N-dealkylation sites (tertiary alicyclic amines) is 1. The Bertz CT molecular complexity index is 334. The Morgan fingerprint density at radius 1 is 1.31 bits per heavy atom. The van der Waals surface area contributed by atoms with Gasteiger partial charge in [-0.2, -0.15) is 0 Å². The van der Waals surface area contributed by atoms with Gasteiger partial charge in [-0.15, -0.1) is 0 Å². The van der Waals surface area contributed by atoms with Crippen LogP contribution >= 0.6 is 0 Å². The molecule has 1 aromatic rings. The van der Waals surface area contributed by atoms with Gasteiger partial charge in [0.05, 0.1) is 0 Å². The molecule has 0 unspecified atom stereocenters. The molecule has 1 N–H and O–H groups in total. The van der Waals surface area contributed by atoms with Crippen molar-refractivity contribution in [3.05, 3.63) is 42.0 Å². The largest absolute Gasteiger partial charge is 0.396 e. The van der Waals surface area contributed by atoms with Gasteiger partial charge >= 0.3 is 0 Å². The fraction of sp³-hybridized carbons (Fsp3) is 0.429. The minimum Gasteiger partial charge on any atom is -0.396 e. The second-order valence-electron chi connectivity index (χ2n) is 4.41. The van der Waals surface area contributed by atoms with E-state index in [1.807, 2.05) is 6.07 Å². The summed E-state index contributed by atoms with van der Waals surface area (Å²) >= 11 is 0. The number of hydrogen-bond acceptors (Lipinski definition) is 2. The van der Waals surface area contributed by atoms with E-state index in [0.29, 0.717) is 12.5 Å². The lowest BCUT2D eigenvalue weighted by molar-refractivity contribution is 0.225. The lowest BCUT2D eigenvalue weighted by atomic mass is 10.1. The minimum atomic E-state index is 0.332. The highest BCUT2D eigenvalue weighted by Crippen LogP contribution is 2.15. The summed E-state index contributed by atoms with van der Waals surface area (Å²) in [6, 6.07) is 10.4. The third-order valence-electron chi connectivity index (χ3n) is 3.10. The number of nitrogens with zero attached hydrogens (tertiary/aromatic N) is 1. The topological polar surface area (TPSA) is 23.5 Å². The van der Waals surface area contributed by atoms with E-state index in [1.165, 1.54) is 5.56 Å². The number of aliphatic hydroxyl groups is 1. The third-order valence-corrected chi connectivity index (χ3v) is 3.10. The molecule has 1 atom stereocenters. The molecule has 0 saturated carbocycles. The van der Waals surface area contributed by atoms with E-state index in [0.717, 1.165) is 26.1 Å². The normalized spacial score (nSPS) is 21.9. The predicted octanol–water partition coefficient (Wildman–Crippen LogP) is 2.01. The van der Waals surface area contributed by atoms with Crippen LogP contribution in [0.15, 0.2) is 36.4 Å². The standard InChI is InChI=1S/C14H19NO/c16-12-14-8-10-15(11-14)9-4-7-13-5-2-1-3-6-13/h1-7,14,16H,8-12H2/b7-4+/t14-/m0/s1. The van der Waals surface area contributed by atoms with Crippen molar-refractivity contribution in [1.82, 2.24) is 4.90 Å². The van der Waals surface area contributed by atoms with E-state index >= 15 is 0 Å². The molecular formula is C14H19NO. The molecular weight excluding hydrogens is 198 g/mol. The summed E-state index contributed by atoms with van der Waals surface area (Å²) in [4.78, 5) is 2.39. The average Bonchev–Trinajstić information content (AvgIpc) is 2.78. The lowest BCUT2D eigenvalue weighted by Gasteiger charge is -2.12. The van der Waals surface area contributed by atoms with Crippen LogP contribution in [0, 0.1) is 5.92 Å². The third kappa shape index (κ3) is 3.19. The average molecular weight is 217 g/mol. The van der Waals surface area contributed by atoms with Crippen LogP contribution in [-0.4, -0.2) is 36.2 Å². The molecule has 0 aromatic heterocycles. The molecule has 86 valence electrons. The number of rotatable bonds is 4. The Morgan fingerprint density at radius 3 is 2.81 bits per heavy atom. The molecule has 1 heterocycles. The Morgan fingerprint density at radius 2 is 2.12 bits per heavy atom. The molecule has 16 heavy (non-hydrogen) atoms. The Balaban J connectivity index is 1.78. The quantitative estimate of drug-likeness (QED) is 0.834. The van der Waals surface area contributed by atoms with Crippen molar-refractivity contribution in [2.45, 2.75) is 6.42 Å². The van der Waals surface area contributed by atoms with Crippen molar-refractivity contribution >= 4 is 6.08 Å². The van der Waals surface area contributed by atoms with Crippen molar-refractivity contribution in [2.24, 2.45) is 5.92 Å². The van der Waals surface area contributed by atoms with Gasteiger partial charge in [-0.25, -0.2) is 0 Å². The van der Waals surface area contributed by atoms with Crippen LogP contribution in [0.5, 0.6) is 0 Å². The van der Waals surface area contributed by atoms with Gasteiger partial charge in [-0.05, 0) is 24.4 Å². The highest BCUT2D eigenvalue weighted by atomic mass is 16.3. The maximum absolute atomic E-state index is 9.04. The van der Waals surface area contributed by atoms with Crippen LogP contribution in [0.4, 0.5) is 0 Å². The molecule has 2 rings (SSSR count). The maximum Gasteiger partial charge on any atom is 0.0471 e. The van der Waals surface area contributed by atoms with Crippen molar-refractivity contribution in [2.75, 3.05) is 26.2 Å². The Kier molecular flexibility index (Phi) is 4.14. The zero-order chi connectivity index (χ0) is 11.2. The predicted molar refractivity (Wildman–Crippen MR) is 67.1 cm³/mol. The van der Waals surface area contributed by atoms with Gasteiger partial charge < -0.3 is 5.11 Å². The van der Waals surface area contributed by atoms with Crippen molar-refractivity contribution < 1.29 is 5.11 Å². The second-order valence-corrected chi connectivity index (χ2v) is 4.41. The zero-order valence-corrected chi connectivity index (χ0v) is 9.55. The first kappa shape index (κ1) is 11.4. The van der Waals surface area contributed by atoms with Gasteiger partial charge in [0.1, 0.15) is 0 Å². The summed E-state index contributed by atoms with van der Waals surface area (Å²) < 4.78 is 0. The molecule has 0 amide bonds. The van der Waals surface area contributed by atoms with Crippen LogP contribution in [0.2, 0.25) is 0 Å². The molecule has 0 radical (unpaired) electrons. The number of hydrogen-bond donors (Lipinski definition) is 1. The summed E-state index contributed by atoms with van der Waals surface area (Å²) in [6.45, 7) is 3.48. The summed E-state index contributed by atoms with van der Waals surface area (Å²) in [7, 11) is 0. The van der Waals surface area contributed by atoms with E-state index in [4.69, 9.17) is 5.11 Å². The van der Waals surface area contributed by atoms with E-state index < -0.39 is 0 Å². The summed E-state index contributed by atoms with van der Waals surface area (Å²) in [5.74, 6) is 0.491. The Hall–Kier alpha value is -1.12. The highest BCUT2D eigenvalue weighted by molar-refractivity contribution is 5.48. The molecule has 0 aliphatic carbocycles. The molecule has 1 fully saturated rings. The highest BCUT2D eigenvalue weighted by Gasteiger charge is 2.19. The second kappa shape index (κ2) is 5.83. The first-order valence-electron chi connectivity index (χ1n) is 5.93. The summed E-state index contributed by atoms with van der Waals surface area (Å²) in [5.41, 5.74) is 1.25. The van der Waals surface area contributed by atoms with Gasteiger partial charge in [0.15, 0.2) is 0 Å². The fourth-order valence-corrected chi connectivity index (χ4v) is 2.13. The van der Waals surface area contributed by atoms with Crippen LogP contribution in [-0.2, 0) is 0 Å². The van der Waals surface area contributed by atoms with Crippen molar-refractivity contribution in [1.29, 1.82) is 0 Å². The lowest BCUT2D eigenvalue weighted by Crippen LogP contribution is -2.21. The number of aliphatic hydroxyl groups excluding tert-OH is 1. The van der Waals surface area contributed by atoms with E-state index in [1.54, 1.807) is 0 Å². The molecule has 0 bridgehead atoms. The molecule has 1 aliphatic heterocycles. The van der Waals surface area contributed by atoms with E-state index in [2.05, 4.69) is 41.3 Å². The smallest absolute Gasteiger partial charge is 0.0471 e. The Labute approximate surface area is 97.2 Å². The van der Waals surface area contributed by atoms with Gasteiger partial charge in [0, 0.05) is 19.7 Å². The zero-order valence-electron chi connectivity index (χ0n) is 9.55. The molecule has 1 saturated heterocycles. The van der Waals surface area contributed by atoms with E-state index in [9.17, 15) is 0 Å². The van der Waals surface area contributed by atoms with Gasteiger partial charge in [-0.3, -0.25) is 4.90 Å². The summed E-state index contributed by atoms with van der Waals surface area (Å²) in [6.07, 6.45) is 5.50. The summed E-state index contributed by atoms with van der Waals surface area (Å²) in [5, 5.41) is 9.04. The first-order valence-corrected chi connectivity index (χ1v) is 5.93. The van der Waals surface area contributed by atoms with Gasteiger partial charge in [0.25, 0.3) is 0 Å². The van der Waals surface area contributed by atoms with Crippen LogP contribution in [0.3, 0.4) is 0 Å². The number of benzene rings is 1. The molecule has 1 aliphatic rings. The fourth-order valence-electron chi connectivity index (χ4n) is 2.13. The van der Waals surface area contributed by atoms with Gasteiger partial charge in [0.2, 0.25) is 0 Å². The molecule has 1 aromatic carbocycles. The van der Waals surface area contributed by atoms with Crippen molar-refractivity contribution in [3.8, 4) is 0 Å². The monoisotopic (exact) mass is 217 g/mol.